The minimum Gasteiger partial charge on any atom is -0.489 e. The zero-order valence-corrected chi connectivity index (χ0v) is 25.8. The third-order valence-electron chi connectivity index (χ3n) is 8.66. The Balaban J connectivity index is 1.27. The van der Waals surface area contributed by atoms with Crippen LogP contribution in [0.4, 0.5) is 22.7 Å². The molecule has 0 radical (unpaired) electrons. The van der Waals surface area contributed by atoms with Crippen LogP contribution in [0.15, 0.2) is 82.8 Å². The number of pyridine rings is 2. The molecule has 244 valence electrons. The molecule has 1 amide bonds. The van der Waals surface area contributed by atoms with Crippen LogP contribution >= 0.6 is 0 Å². The van der Waals surface area contributed by atoms with Gasteiger partial charge in [-0.15, -0.1) is 0 Å². The normalized spacial score (nSPS) is 19.8. The smallest absolute Gasteiger partial charge is 0.297 e. The molecule has 3 aromatic heterocycles. The molecule has 0 saturated carbocycles. The zero-order chi connectivity index (χ0) is 33.2. The van der Waals surface area contributed by atoms with E-state index in [0.717, 1.165) is 17.1 Å². The maximum atomic E-state index is 14.6. The van der Waals surface area contributed by atoms with Crippen LogP contribution in [-0.2, 0) is 21.0 Å². The maximum Gasteiger partial charge on any atom is 0.297 e. The van der Waals surface area contributed by atoms with Crippen LogP contribution in [0.5, 0.6) is 11.6 Å². The Hall–Kier alpha value is -5.74. The Labute approximate surface area is 272 Å². The lowest BCUT2D eigenvalue weighted by atomic mass is 10.0. The molecule has 3 aliphatic heterocycles. The molecule has 8 rings (SSSR count). The number of hydrogen-bond donors (Lipinski definition) is 3. The minimum atomic E-state index is -4.57. The summed E-state index contributed by atoms with van der Waals surface area (Å²) in [6.07, 6.45) is 3.25. The van der Waals surface area contributed by atoms with Crippen molar-refractivity contribution in [2.75, 3.05) is 30.0 Å². The topological polar surface area (TPSA) is 205 Å². The second kappa shape index (κ2) is 11.2. The van der Waals surface area contributed by atoms with E-state index in [-0.39, 0.29) is 59.3 Å². The first kappa shape index (κ1) is 29.6. The van der Waals surface area contributed by atoms with E-state index in [1.807, 2.05) is 12.1 Å². The number of aromatic amines is 1. The van der Waals surface area contributed by atoms with Gasteiger partial charge < -0.3 is 35.1 Å². The fraction of sp³-hybridized carbons (Fsp3) is 0.219. The Bertz CT molecular complexity index is 2230. The molecule has 1 fully saturated rings. The molecule has 3 atom stereocenters. The molecule has 16 heteroatoms. The summed E-state index contributed by atoms with van der Waals surface area (Å²) in [5.41, 5.74) is 7.07. The van der Waals surface area contributed by atoms with E-state index in [2.05, 4.69) is 20.3 Å². The van der Waals surface area contributed by atoms with Crippen molar-refractivity contribution in [1.29, 1.82) is 0 Å². The second-order valence-electron chi connectivity index (χ2n) is 11.6. The van der Waals surface area contributed by atoms with Crippen molar-refractivity contribution in [2.24, 2.45) is 5.73 Å². The molecule has 15 nitrogen and oxygen atoms in total. The van der Waals surface area contributed by atoms with Crippen molar-refractivity contribution < 1.29 is 32.3 Å². The zero-order valence-electron chi connectivity index (χ0n) is 25.0. The number of nitrogens with two attached hydrogens (primary N) is 1. The number of nitro benzene ring substituents is 1. The second-order valence-corrected chi connectivity index (χ2v) is 13.5. The standard InChI is InChI=1S/C32H27N7O8S/c33-30(40)21-5-3-6-27(29(21)38-23-10-17-7-9-35-31(17)37-32(23)47-26-16-45-15-24(26)38)48(43,44)20-12-22(39(41)42)28-25(13-20)46-14-19(36-28)11-18-4-1-2-8-34-18/h1-10,12-13,19,24,26,36H,11,14-16H2,(H2,33,40)(H,35,37)/t19-,24+,26+/m0/s1. The maximum absolute atomic E-state index is 14.6. The van der Waals surface area contributed by atoms with Gasteiger partial charge >= 0.3 is 0 Å². The third kappa shape index (κ3) is 4.84. The fourth-order valence-electron chi connectivity index (χ4n) is 6.46. The summed E-state index contributed by atoms with van der Waals surface area (Å²) < 4.78 is 47.1. The van der Waals surface area contributed by atoms with Gasteiger partial charge in [-0.05, 0) is 36.4 Å². The number of H-pyrrole nitrogens is 1. The van der Waals surface area contributed by atoms with E-state index in [0.29, 0.717) is 17.8 Å². The number of primary amides is 1. The summed E-state index contributed by atoms with van der Waals surface area (Å²) in [7, 11) is -4.57. The number of carbonyl (C=O) groups is 1. The summed E-state index contributed by atoms with van der Waals surface area (Å²) in [6.45, 7) is 0.473. The molecule has 0 spiro atoms. The van der Waals surface area contributed by atoms with Crippen molar-refractivity contribution in [3.63, 3.8) is 0 Å². The highest BCUT2D eigenvalue weighted by atomic mass is 32.2. The highest BCUT2D eigenvalue weighted by Gasteiger charge is 2.45. The quantitative estimate of drug-likeness (QED) is 0.168. The number of nitrogens with zero attached hydrogens (tertiary/aromatic N) is 4. The molecule has 0 aliphatic carbocycles. The minimum absolute atomic E-state index is 0.00711. The molecular weight excluding hydrogens is 642 g/mol. The number of nitro groups is 1. The van der Waals surface area contributed by atoms with Crippen LogP contribution in [0.2, 0.25) is 0 Å². The monoisotopic (exact) mass is 669 g/mol. The molecule has 3 aliphatic rings. The summed E-state index contributed by atoms with van der Waals surface area (Å²) in [5, 5.41) is 16.2. The number of para-hydroxylation sites is 1. The van der Waals surface area contributed by atoms with Gasteiger partial charge in [0.25, 0.3) is 11.6 Å². The lowest BCUT2D eigenvalue weighted by Gasteiger charge is -2.40. The summed E-state index contributed by atoms with van der Waals surface area (Å²) in [5.74, 6) is -0.653. The van der Waals surface area contributed by atoms with E-state index in [1.165, 1.54) is 24.3 Å². The molecule has 5 aromatic rings. The molecule has 0 bridgehead atoms. The molecule has 4 N–H and O–H groups in total. The number of nitrogens with one attached hydrogen (secondary N) is 2. The number of rotatable bonds is 7. The van der Waals surface area contributed by atoms with Crippen molar-refractivity contribution in [3.05, 3.63) is 94.4 Å². The van der Waals surface area contributed by atoms with E-state index < -0.39 is 43.4 Å². The number of fused-ring (bicyclic) bond motifs is 4. The number of amides is 1. The highest BCUT2D eigenvalue weighted by Crippen LogP contribution is 2.48. The van der Waals surface area contributed by atoms with Crippen LogP contribution in [0.1, 0.15) is 16.1 Å². The first-order chi connectivity index (χ1) is 23.2. The lowest BCUT2D eigenvalue weighted by molar-refractivity contribution is -0.384. The molecule has 1 saturated heterocycles. The van der Waals surface area contributed by atoms with E-state index in [1.54, 1.807) is 35.5 Å². The van der Waals surface area contributed by atoms with Crippen LogP contribution in [0.25, 0.3) is 11.0 Å². The highest BCUT2D eigenvalue weighted by molar-refractivity contribution is 7.91. The summed E-state index contributed by atoms with van der Waals surface area (Å²) in [4.78, 5) is 37.6. The average Bonchev–Trinajstić information content (AvgIpc) is 3.75. The van der Waals surface area contributed by atoms with Gasteiger partial charge in [0, 0.05) is 42.0 Å². The van der Waals surface area contributed by atoms with Crippen LogP contribution in [0.3, 0.4) is 0 Å². The van der Waals surface area contributed by atoms with Gasteiger partial charge in [-0.3, -0.25) is 19.9 Å². The van der Waals surface area contributed by atoms with Gasteiger partial charge in [0.1, 0.15) is 24.0 Å². The number of benzene rings is 2. The van der Waals surface area contributed by atoms with Gasteiger partial charge in [-0.2, -0.15) is 4.98 Å². The van der Waals surface area contributed by atoms with Crippen LogP contribution < -0.4 is 25.4 Å². The van der Waals surface area contributed by atoms with Crippen LogP contribution in [0, 0.1) is 10.1 Å². The van der Waals surface area contributed by atoms with Crippen LogP contribution in [-0.4, -0.2) is 72.2 Å². The predicted molar refractivity (Wildman–Crippen MR) is 172 cm³/mol. The van der Waals surface area contributed by atoms with Crippen molar-refractivity contribution in [2.45, 2.75) is 34.4 Å². The SMILES string of the molecule is NC(=O)c1cccc(S(=O)(=O)c2cc3c(c([N+](=O)[O-])c2)N[C@@H](Cc2ccccn2)CO3)c1N1c2cc3cc[nH]c3nc2O[C@@H]2COC[C@H]21. The van der Waals surface area contributed by atoms with Gasteiger partial charge in [-0.25, -0.2) is 8.42 Å². The Morgan fingerprint density at radius 2 is 1.98 bits per heavy atom. The molecule has 6 heterocycles. The molecular formula is C32H27N7O8S. The van der Waals surface area contributed by atoms with Gasteiger partial charge in [0.2, 0.25) is 15.7 Å². The summed E-state index contributed by atoms with van der Waals surface area (Å²) >= 11 is 0. The Morgan fingerprint density at radius 3 is 2.77 bits per heavy atom. The number of hydrogen-bond acceptors (Lipinski definition) is 12. The number of ether oxygens (including phenoxy) is 3. The number of anilines is 3. The number of carbonyl (C=O) groups excluding carboxylic acids is 1. The van der Waals surface area contributed by atoms with E-state index >= 15 is 0 Å². The first-order valence-corrected chi connectivity index (χ1v) is 16.5. The molecule has 48 heavy (non-hydrogen) atoms. The van der Waals surface area contributed by atoms with Gasteiger partial charge in [-0.1, -0.05) is 12.1 Å². The van der Waals surface area contributed by atoms with E-state index in [9.17, 15) is 23.3 Å². The Kier molecular flexibility index (Phi) is 6.92. The van der Waals surface area contributed by atoms with Crippen molar-refractivity contribution in [1.82, 2.24) is 15.0 Å². The van der Waals surface area contributed by atoms with Gasteiger partial charge in [0.15, 0.2) is 11.4 Å². The first-order valence-electron chi connectivity index (χ1n) is 15.0. The van der Waals surface area contributed by atoms with Crippen molar-refractivity contribution in [3.8, 4) is 11.6 Å². The number of aromatic nitrogens is 3. The fourth-order valence-corrected chi connectivity index (χ4v) is 7.97. The Morgan fingerprint density at radius 1 is 1.10 bits per heavy atom. The lowest BCUT2D eigenvalue weighted by Crippen LogP contribution is -2.47. The largest absolute Gasteiger partial charge is 0.489 e. The van der Waals surface area contributed by atoms with E-state index in [4.69, 9.17) is 19.9 Å². The average molecular weight is 670 g/mol. The predicted octanol–water partition coefficient (Wildman–Crippen LogP) is 3.51. The molecule has 2 aromatic carbocycles. The number of sulfone groups is 1. The molecule has 0 unspecified atom stereocenters. The summed E-state index contributed by atoms with van der Waals surface area (Å²) in [6, 6.07) is 14.6. The van der Waals surface area contributed by atoms with Crippen molar-refractivity contribution >= 4 is 49.5 Å². The third-order valence-corrected chi connectivity index (χ3v) is 10.4. The van der Waals surface area contributed by atoms with Gasteiger partial charge in [0.05, 0.1) is 51.3 Å².